The van der Waals surface area contributed by atoms with E-state index in [-0.39, 0.29) is 35.2 Å². The van der Waals surface area contributed by atoms with Crippen molar-refractivity contribution in [3.63, 3.8) is 0 Å². The lowest BCUT2D eigenvalue weighted by Gasteiger charge is -2.54. The van der Waals surface area contributed by atoms with Gasteiger partial charge in [0.1, 0.15) is 0 Å². The first-order valence-electron chi connectivity index (χ1n) is 7.12. The first-order chi connectivity index (χ1) is 8.52. The van der Waals surface area contributed by atoms with Crippen LogP contribution in [0, 0.1) is 17.3 Å². The van der Waals surface area contributed by atoms with Crippen molar-refractivity contribution in [3.8, 4) is 0 Å². The Morgan fingerprint density at radius 3 is 2.67 bits per heavy atom. The van der Waals surface area contributed by atoms with Crippen molar-refractivity contribution in [2.24, 2.45) is 17.3 Å². The van der Waals surface area contributed by atoms with Gasteiger partial charge in [-0.1, -0.05) is 12.5 Å². The van der Waals surface area contributed by atoms with E-state index < -0.39 is 0 Å². The second kappa shape index (κ2) is 4.17. The van der Waals surface area contributed by atoms with Crippen molar-refractivity contribution < 1.29 is 15.0 Å². The molecule has 0 bridgehead atoms. The maximum Gasteiger partial charge on any atom is 0.155 e. The Morgan fingerprint density at radius 1 is 1.17 bits per heavy atom. The normalized spacial score (nSPS) is 48.2. The molecule has 0 heterocycles. The van der Waals surface area contributed by atoms with Gasteiger partial charge in [0.15, 0.2) is 5.78 Å². The summed E-state index contributed by atoms with van der Waals surface area (Å²) in [7, 11) is 0. The summed E-state index contributed by atoms with van der Waals surface area (Å²) in [5, 5.41) is 20.6. The van der Waals surface area contributed by atoms with E-state index in [1.54, 1.807) is 0 Å². The van der Waals surface area contributed by atoms with Gasteiger partial charge in [-0.05, 0) is 55.4 Å². The number of carbonyl (C=O) groups is 1. The minimum atomic E-state index is -0.319. The molecular formula is C15H22O3. The molecule has 0 aromatic heterocycles. The molecule has 5 atom stereocenters. The van der Waals surface area contributed by atoms with Gasteiger partial charge >= 0.3 is 0 Å². The number of aliphatic hydroxyl groups is 2. The lowest BCUT2D eigenvalue weighted by molar-refractivity contribution is -0.122. The van der Waals surface area contributed by atoms with E-state index in [1.807, 2.05) is 6.08 Å². The van der Waals surface area contributed by atoms with Gasteiger partial charge in [0.25, 0.3) is 0 Å². The first kappa shape index (κ1) is 12.4. The van der Waals surface area contributed by atoms with Gasteiger partial charge in [-0.15, -0.1) is 0 Å². The highest BCUT2D eigenvalue weighted by atomic mass is 16.3. The van der Waals surface area contributed by atoms with Crippen LogP contribution in [0.25, 0.3) is 0 Å². The minimum absolute atomic E-state index is 0.0718. The Labute approximate surface area is 108 Å². The Bertz CT molecular complexity index is 401. The molecule has 0 saturated heterocycles. The standard InChI is InChI=1S/C15H22O3/c1-15-7-6-10(16)8-9(15)2-3-11-12(17)4-5-13(18)14(11)15/h8,11-14,17-18H,2-7H2,1H3/t11-,12+,13-,14-,15-/m1/s1. The molecule has 3 heteroatoms. The lowest BCUT2D eigenvalue weighted by Crippen LogP contribution is -2.53. The molecule has 3 aliphatic rings. The third-order valence-electron chi connectivity index (χ3n) is 5.57. The fourth-order valence-electron chi connectivity index (χ4n) is 4.56. The van der Waals surface area contributed by atoms with Crippen LogP contribution in [-0.4, -0.2) is 28.2 Å². The molecule has 2 saturated carbocycles. The fourth-order valence-corrected chi connectivity index (χ4v) is 4.56. The van der Waals surface area contributed by atoms with Crippen molar-refractivity contribution in [2.45, 2.75) is 57.7 Å². The maximum atomic E-state index is 11.6. The van der Waals surface area contributed by atoms with E-state index in [1.165, 1.54) is 5.57 Å². The molecule has 2 fully saturated rings. The molecule has 0 unspecified atom stereocenters. The second-order valence-corrected chi connectivity index (χ2v) is 6.49. The van der Waals surface area contributed by atoms with Gasteiger partial charge in [0, 0.05) is 6.42 Å². The van der Waals surface area contributed by atoms with Gasteiger partial charge in [-0.25, -0.2) is 0 Å². The van der Waals surface area contributed by atoms with E-state index in [0.29, 0.717) is 12.8 Å². The Kier molecular flexibility index (Phi) is 2.87. The number of aliphatic hydroxyl groups excluding tert-OH is 2. The van der Waals surface area contributed by atoms with Crippen LogP contribution in [0.5, 0.6) is 0 Å². The molecule has 0 spiro atoms. The zero-order chi connectivity index (χ0) is 12.9. The SMILES string of the molecule is C[C@@]12CCC(=O)C=C1CC[C@H]1[C@@H]2[C@H](O)CC[C@@H]1O. The molecule has 0 aliphatic heterocycles. The molecule has 18 heavy (non-hydrogen) atoms. The predicted molar refractivity (Wildman–Crippen MR) is 67.9 cm³/mol. The van der Waals surface area contributed by atoms with Crippen LogP contribution in [0.1, 0.15) is 45.4 Å². The van der Waals surface area contributed by atoms with Gasteiger partial charge in [0.2, 0.25) is 0 Å². The molecule has 0 radical (unpaired) electrons. The molecule has 3 rings (SSSR count). The molecule has 0 aromatic rings. The number of ketones is 1. The summed E-state index contributed by atoms with van der Waals surface area (Å²) in [4.78, 5) is 11.6. The van der Waals surface area contributed by atoms with Crippen LogP contribution in [0.4, 0.5) is 0 Å². The van der Waals surface area contributed by atoms with Crippen molar-refractivity contribution in [1.82, 2.24) is 0 Å². The molecule has 3 nitrogen and oxygen atoms in total. The van der Waals surface area contributed by atoms with Crippen LogP contribution < -0.4 is 0 Å². The number of fused-ring (bicyclic) bond motifs is 3. The van der Waals surface area contributed by atoms with Crippen LogP contribution in [0.15, 0.2) is 11.6 Å². The third kappa shape index (κ3) is 1.68. The first-order valence-corrected chi connectivity index (χ1v) is 7.12. The number of allylic oxidation sites excluding steroid dienone is 2. The molecule has 2 N–H and O–H groups in total. The Morgan fingerprint density at radius 2 is 1.89 bits per heavy atom. The van der Waals surface area contributed by atoms with Crippen LogP contribution >= 0.6 is 0 Å². The summed E-state index contributed by atoms with van der Waals surface area (Å²) < 4.78 is 0. The van der Waals surface area contributed by atoms with Crippen molar-refractivity contribution in [2.75, 3.05) is 0 Å². The smallest absolute Gasteiger partial charge is 0.155 e. The van der Waals surface area contributed by atoms with Crippen molar-refractivity contribution in [1.29, 1.82) is 0 Å². The summed E-state index contributed by atoms with van der Waals surface area (Å²) in [6.45, 7) is 2.18. The van der Waals surface area contributed by atoms with Crippen molar-refractivity contribution >= 4 is 5.78 Å². The average Bonchev–Trinajstić information content (AvgIpc) is 2.34. The molecule has 0 amide bonds. The summed E-state index contributed by atoms with van der Waals surface area (Å²) >= 11 is 0. The Balaban J connectivity index is 1.99. The molecular weight excluding hydrogens is 228 g/mol. The van der Waals surface area contributed by atoms with E-state index in [9.17, 15) is 15.0 Å². The van der Waals surface area contributed by atoms with E-state index in [0.717, 1.165) is 25.7 Å². The number of rotatable bonds is 0. The maximum absolute atomic E-state index is 11.6. The Hall–Kier alpha value is -0.670. The molecule has 100 valence electrons. The van der Waals surface area contributed by atoms with E-state index in [2.05, 4.69) is 6.92 Å². The van der Waals surface area contributed by atoms with Gasteiger partial charge < -0.3 is 10.2 Å². The van der Waals surface area contributed by atoms with Crippen molar-refractivity contribution in [3.05, 3.63) is 11.6 Å². The highest BCUT2D eigenvalue weighted by molar-refractivity contribution is 5.91. The highest BCUT2D eigenvalue weighted by Gasteiger charge is 2.53. The topological polar surface area (TPSA) is 57.5 Å². The zero-order valence-corrected chi connectivity index (χ0v) is 10.9. The lowest BCUT2D eigenvalue weighted by atomic mass is 9.52. The monoisotopic (exact) mass is 250 g/mol. The van der Waals surface area contributed by atoms with Crippen LogP contribution in [0.2, 0.25) is 0 Å². The third-order valence-corrected chi connectivity index (χ3v) is 5.57. The van der Waals surface area contributed by atoms with Gasteiger partial charge in [-0.2, -0.15) is 0 Å². The number of hydrogen-bond donors (Lipinski definition) is 2. The van der Waals surface area contributed by atoms with Crippen LogP contribution in [-0.2, 0) is 4.79 Å². The van der Waals surface area contributed by atoms with E-state index in [4.69, 9.17) is 0 Å². The zero-order valence-electron chi connectivity index (χ0n) is 10.9. The average molecular weight is 250 g/mol. The summed E-state index contributed by atoms with van der Waals surface area (Å²) in [5.41, 5.74) is 1.14. The minimum Gasteiger partial charge on any atom is -0.393 e. The fraction of sp³-hybridized carbons (Fsp3) is 0.800. The molecule has 0 aromatic carbocycles. The van der Waals surface area contributed by atoms with Gasteiger partial charge in [0.05, 0.1) is 12.2 Å². The summed E-state index contributed by atoms with van der Waals surface area (Å²) in [6, 6.07) is 0. The number of hydrogen-bond acceptors (Lipinski definition) is 3. The summed E-state index contributed by atoms with van der Waals surface area (Å²) in [6.07, 6.45) is 5.89. The summed E-state index contributed by atoms with van der Waals surface area (Å²) in [5.74, 6) is 0.574. The largest absolute Gasteiger partial charge is 0.393 e. The quantitative estimate of drug-likeness (QED) is 0.689. The van der Waals surface area contributed by atoms with E-state index >= 15 is 0 Å². The predicted octanol–water partition coefficient (Wildman–Crippen LogP) is 1.82. The van der Waals surface area contributed by atoms with Gasteiger partial charge in [-0.3, -0.25) is 4.79 Å². The number of carbonyl (C=O) groups excluding carboxylic acids is 1. The second-order valence-electron chi connectivity index (χ2n) is 6.49. The molecule has 3 aliphatic carbocycles. The highest BCUT2D eigenvalue weighted by Crippen LogP contribution is 2.56. The van der Waals surface area contributed by atoms with Crippen LogP contribution in [0.3, 0.4) is 0 Å².